The number of aromatic carboxylic acids is 1. The standard InChI is InChI=1S/C21H17BrN2O5S/c1-23-18(25)16(19(26)24(2)21(23)30)10-14-9-15(22)7-8-17(14)29-11-12-3-5-13(6-4-12)20(27)28/h3-10H,11H2,1-2H3,(H,27,28). The number of carbonyl (C=O) groups is 3. The molecule has 0 unspecified atom stereocenters. The van der Waals surface area contributed by atoms with Gasteiger partial charge in [-0.05, 0) is 54.2 Å². The van der Waals surface area contributed by atoms with Gasteiger partial charge in [-0.2, -0.15) is 0 Å². The van der Waals surface area contributed by atoms with Gasteiger partial charge in [-0.25, -0.2) is 4.79 Å². The zero-order chi connectivity index (χ0) is 22.0. The monoisotopic (exact) mass is 488 g/mol. The maximum absolute atomic E-state index is 12.6. The fraction of sp³-hybridized carbons (Fsp3) is 0.143. The van der Waals surface area contributed by atoms with Crippen molar-refractivity contribution in [3.05, 3.63) is 69.2 Å². The number of hydrogen-bond donors (Lipinski definition) is 1. The summed E-state index contributed by atoms with van der Waals surface area (Å²) in [4.78, 5) is 38.6. The Kier molecular flexibility index (Phi) is 6.33. The molecule has 0 atom stereocenters. The molecule has 1 fully saturated rings. The van der Waals surface area contributed by atoms with Crippen LogP contribution in [0.4, 0.5) is 0 Å². The van der Waals surface area contributed by atoms with E-state index in [1.54, 1.807) is 30.3 Å². The maximum Gasteiger partial charge on any atom is 0.335 e. The molecule has 1 heterocycles. The van der Waals surface area contributed by atoms with Crippen molar-refractivity contribution in [2.45, 2.75) is 6.61 Å². The van der Waals surface area contributed by atoms with E-state index in [4.69, 9.17) is 22.1 Å². The molecular formula is C21H17BrN2O5S. The van der Waals surface area contributed by atoms with E-state index >= 15 is 0 Å². The van der Waals surface area contributed by atoms with Crippen LogP contribution in [0.5, 0.6) is 5.75 Å². The number of carboxylic acids is 1. The maximum atomic E-state index is 12.6. The van der Waals surface area contributed by atoms with Crippen LogP contribution in [0.15, 0.2) is 52.5 Å². The molecule has 0 spiro atoms. The molecule has 0 radical (unpaired) electrons. The third-order valence-electron chi connectivity index (χ3n) is 4.51. The first-order chi connectivity index (χ1) is 14.2. The molecule has 1 N–H and O–H groups in total. The number of likely N-dealkylation sites (N-methyl/N-ethyl adjacent to an activating group) is 2. The van der Waals surface area contributed by atoms with Gasteiger partial charge in [0.1, 0.15) is 17.9 Å². The van der Waals surface area contributed by atoms with Gasteiger partial charge in [-0.15, -0.1) is 0 Å². The predicted octanol–water partition coefficient (Wildman–Crippen LogP) is 3.33. The van der Waals surface area contributed by atoms with Gasteiger partial charge in [0.2, 0.25) is 0 Å². The van der Waals surface area contributed by atoms with E-state index in [9.17, 15) is 14.4 Å². The molecule has 0 aliphatic carbocycles. The number of hydrogen-bond acceptors (Lipinski definition) is 5. The van der Waals surface area contributed by atoms with Crippen molar-refractivity contribution in [3.63, 3.8) is 0 Å². The van der Waals surface area contributed by atoms with Gasteiger partial charge in [0, 0.05) is 24.1 Å². The number of carbonyl (C=O) groups excluding carboxylic acids is 2. The van der Waals surface area contributed by atoms with E-state index in [0.717, 1.165) is 10.0 Å². The minimum atomic E-state index is -1.000. The molecule has 9 heteroatoms. The number of benzene rings is 2. The summed E-state index contributed by atoms with van der Waals surface area (Å²) in [5.74, 6) is -1.51. The molecule has 0 aromatic heterocycles. The highest BCUT2D eigenvalue weighted by Crippen LogP contribution is 2.28. The van der Waals surface area contributed by atoms with Crippen LogP contribution in [0.1, 0.15) is 21.5 Å². The first kappa shape index (κ1) is 21.7. The van der Waals surface area contributed by atoms with Crippen LogP contribution in [-0.4, -0.2) is 51.9 Å². The summed E-state index contributed by atoms with van der Waals surface area (Å²) in [7, 11) is 3.03. The molecular weight excluding hydrogens is 472 g/mol. The number of halogens is 1. The Bertz CT molecular complexity index is 1060. The second-order valence-electron chi connectivity index (χ2n) is 6.54. The molecule has 30 heavy (non-hydrogen) atoms. The van der Waals surface area contributed by atoms with Crippen molar-refractivity contribution in [2.75, 3.05) is 14.1 Å². The third-order valence-corrected chi connectivity index (χ3v) is 5.55. The van der Waals surface area contributed by atoms with Crippen LogP contribution < -0.4 is 4.74 Å². The van der Waals surface area contributed by atoms with E-state index in [0.29, 0.717) is 11.3 Å². The molecule has 1 aliphatic rings. The summed E-state index contributed by atoms with van der Waals surface area (Å²) in [6, 6.07) is 11.6. The number of rotatable bonds is 5. The van der Waals surface area contributed by atoms with Gasteiger partial charge in [-0.3, -0.25) is 19.4 Å². The van der Waals surface area contributed by atoms with Crippen molar-refractivity contribution >= 4 is 57.1 Å². The second kappa shape index (κ2) is 8.76. The van der Waals surface area contributed by atoms with Crippen molar-refractivity contribution in [3.8, 4) is 5.75 Å². The predicted molar refractivity (Wildman–Crippen MR) is 118 cm³/mol. The Morgan fingerprint density at radius 2 is 1.70 bits per heavy atom. The lowest BCUT2D eigenvalue weighted by molar-refractivity contribution is -0.132. The molecule has 7 nitrogen and oxygen atoms in total. The number of nitrogens with zero attached hydrogens (tertiary/aromatic N) is 2. The summed E-state index contributed by atoms with van der Waals surface area (Å²) >= 11 is 8.49. The third kappa shape index (κ3) is 4.42. The Labute approximate surface area is 186 Å². The zero-order valence-corrected chi connectivity index (χ0v) is 18.5. The van der Waals surface area contributed by atoms with Gasteiger partial charge in [0.25, 0.3) is 11.8 Å². The lowest BCUT2D eigenvalue weighted by atomic mass is 10.1. The van der Waals surface area contributed by atoms with Gasteiger partial charge >= 0.3 is 5.97 Å². The Balaban J connectivity index is 1.89. The fourth-order valence-corrected chi connectivity index (χ4v) is 3.34. The molecule has 3 rings (SSSR count). The number of carboxylic acid groups (broad SMARTS) is 1. The Morgan fingerprint density at radius 3 is 2.27 bits per heavy atom. The number of thiocarbonyl (C=S) groups is 1. The highest BCUT2D eigenvalue weighted by molar-refractivity contribution is 9.10. The SMILES string of the molecule is CN1C(=O)C(=Cc2cc(Br)ccc2OCc2ccc(C(=O)O)cc2)C(=O)N(C)C1=S. The minimum Gasteiger partial charge on any atom is -0.488 e. The van der Waals surface area contributed by atoms with E-state index in [2.05, 4.69) is 15.9 Å². The van der Waals surface area contributed by atoms with E-state index in [1.165, 1.54) is 42.1 Å². The largest absolute Gasteiger partial charge is 0.488 e. The van der Waals surface area contributed by atoms with Gasteiger partial charge in [0.05, 0.1) is 5.56 Å². The molecule has 2 aromatic rings. The fourth-order valence-electron chi connectivity index (χ4n) is 2.80. The summed E-state index contributed by atoms with van der Waals surface area (Å²) in [5, 5.41) is 9.12. The molecule has 2 aromatic carbocycles. The quantitative estimate of drug-likeness (QED) is 0.394. The van der Waals surface area contributed by atoms with Crippen LogP contribution in [0.3, 0.4) is 0 Å². The van der Waals surface area contributed by atoms with E-state index in [1.807, 2.05) is 0 Å². The second-order valence-corrected chi connectivity index (χ2v) is 7.82. The van der Waals surface area contributed by atoms with Gasteiger partial charge in [0.15, 0.2) is 5.11 Å². The number of amides is 2. The molecule has 1 saturated heterocycles. The van der Waals surface area contributed by atoms with Gasteiger partial charge in [-0.1, -0.05) is 28.1 Å². The summed E-state index contributed by atoms with van der Waals surface area (Å²) in [6.07, 6.45) is 1.48. The number of ether oxygens (including phenoxy) is 1. The van der Waals surface area contributed by atoms with Crippen LogP contribution in [-0.2, 0) is 16.2 Å². The van der Waals surface area contributed by atoms with Crippen molar-refractivity contribution in [1.29, 1.82) is 0 Å². The van der Waals surface area contributed by atoms with E-state index < -0.39 is 17.8 Å². The molecule has 2 amide bonds. The Morgan fingerprint density at radius 1 is 1.10 bits per heavy atom. The average Bonchev–Trinajstić information content (AvgIpc) is 2.73. The van der Waals surface area contributed by atoms with Crippen molar-refractivity contribution in [1.82, 2.24) is 9.80 Å². The minimum absolute atomic E-state index is 0.0256. The first-order valence-electron chi connectivity index (χ1n) is 8.75. The van der Waals surface area contributed by atoms with Crippen molar-refractivity contribution in [2.24, 2.45) is 0 Å². The first-order valence-corrected chi connectivity index (χ1v) is 9.95. The van der Waals surface area contributed by atoms with Gasteiger partial charge < -0.3 is 9.84 Å². The highest BCUT2D eigenvalue weighted by atomic mass is 79.9. The molecule has 1 aliphatic heterocycles. The van der Waals surface area contributed by atoms with Crippen molar-refractivity contribution < 1.29 is 24.2 Å². The molecule has 0 saturated carbocycles. The summed E-state index contributed by atoms with van der Waals surface area (Å²) in [5.41, 5.74) is 1.48. The lowest BCUT2D eigenvalue weighted by Crippen LogP contribution is -2.52. The van der Waals surface area contributed by atoms with Crippen LogP contribution in [0.25, 0.3) is 6.08 Å². The highest BCUT2D eigenvalue weighted by Gasteiger charge is 2.35. The Hall–Kier alpha value is -3.04. The topological polar surface area (TPSA) is 87.1 Å². The van der Waals surface area contributed by atoms with Crippen LogP contribution >= 0.6 is 28.1 Å². The average molecular weight is 489 g/mol. The molecule has 0 bridgehead atoms. The van der Waals surface area contributed by atoms with Crippen LogP contribution in [0.2, 0.25) is 0 Å². The summed E-state index contributed by atoms with van der Waals surface area (Å²) in [6.45, 7) is 0.184. The summed E-state index contributed by atoms with van der Waals surface area (Å²) < 4.78 is 6.63. The smallest absolute Gasteiger partial charge is 0.335 e. The van der Waals surface area contributed by atoms with E-state index in [-0.39, 0.29) is 22.9 Å². The van der Waals surface area contributed by atoms with Crippen LogP contribution in [0, 0.1) is 0 Å². The molecule has 154 valence electrons. The lowest BCUT2D eigenvalue weighted by Gasteiger charge is -2.31. The zero-order valence-electron chi connectivity index (χ0n) is 16.1. The normalized spacial score (nSPS) is 14.2.